The first kappa shape index (κ1) is 12.8. The van der Waals surface area contributed by atoms with Crippen LogP contribution in [0.15, 0.2) is 24.3 Å². The van der Waals surface area contributed by atoms with Crippen molar-refractivity contribution in [3.63, 3.8) is 0 Å². The number of nitrogens with zero attached hydrogens (tertiary/aromatic N) is 1. The molecule has 0 atom stereocenters. The molecule has 0 saturated carbocycles. The van der Waals surface area contributed by atoms with Crippen molar-refractivity contribution < 1.29 is 8.42 Å². The lowest BCUT2D eigenvalue weighted by molar-refractivity contribution is 0.591. The number of rotatable bonds is 5. The van der Waals surface area contributed by atoms with E-state index in [1.165, 1.54) is 4.31 Å². The maximum Gasteiger partial charge on any atom is 0.234 e. The second-order valence-electron chi connectivity index (χ2n) is 3.73. The molecule has 0 saturated heterocycles. The van der Waals surface area contributed by atoms with Crippen molar-refractivity contribution >= 4 is 21.4 Å². The predicted molar refractivity (Wildman–Crippen MR) is 68.0 cm³/mol. The molecule has 0 bridgehead atoms. The van der Waals surface area contributed by atoms with Crippen LogP contribution in [-0.2, 0) is 10.0 Å². The lowest BCUT2D eigenvalue weighted by Crippen LogP contribution is -2.28. The summed E-state index contributed by atoms with van der Waals surface area (Å²) in [6.07, 6.45) is 1.54. The SMILES string of the molecule is CCCCS(=O)(=O)N(C)c1cccc(N)c1. The molecule has 0 spiro atoms. The second-order valence-corrected chi connectivity index (χ2v) is 5.85. The molecule has 1 aromatic rings. The van der Waals surface area contributed by atoms with Crippen LogP contribution in [0.2, 0.25) is 0 Å². The Morgan fingerprint density at radius 1 is 1.38 bits per heavy atom. The third kappa shape index (κ3) is 3.13. The predicted octanol–water partition coefficient (Wildman–Crippen LogP) is 1.83. The molecule has 0 heterocycles. The van der Waals surface area contributed by atoms with Gasteiger partial charge in [0.15, 0.2) is 0 Å². The van der Waals surface area contributed by atoms with Crippen LogP contribution in [0.5, 0.6) is 0 Å². The highest BCUT2D eigenvalue weighted by molar-refractivity contribution is 7.92. The van der Waals surface area contributed by atoms with Crippen molar-refractivity contribution in [2.75, 3.05) is 22.8 Å². The minimum absolute atomic E-state index is 0.175. The van der Waals surface area contributed by atoms with Crippen molar-refractivity contribution in [1.82, 2.24) is 0 Å². The molecular weight excluding hydrogens is 224 g/mol. The van der Waals surface area contributed by atoms with Gasteiger partial charge in [-0.1, -0.05) is 19.4 Å². The molecule has 0 aliphatic carbocycles. The van der Waals surface area contributed by atoms with Crippen molar-refractivity contribution in [2.45, 2.75) is 19.8 Å². The summed E-state index contributed by atoms with van der Waals surface area (Å²) in [6, 6.07) is 6.87. The minimum Gasteiger partial charge on any atom is -0.399 e. The van der Waals surface area contributed by atoms with E-state index in [0.29, 0.717) is 17.8 Å². The Labute approximate surface area is 97.1 Å². The molecule has 0 fully saturated rings. The molecule has 0 aromatic heterocycles. The summed E-state index contributed by atoms with van der Waals surface area (Å²) in [5.74, 6) is 0.175. The smallest absolute Gasteiger partial charge is 0.234 e. The fourth-order valence-electron chi connectivity index (χ4n) is 1.34. The fraction of sp³-hybridized carbons (Fsp3) is 0.455. The van der Waals surface area contributed by atoms with Gasteiger partial charge in [0.05, 0.1) is 11.4 Å². The topological polar surface area (TPSA) is 63.4 Å². The van der Waals surface area contributed by atoms with Crippen molar-refractivity contribution in [3.8, 4) is 0 Å². The average Bonchev–Trinajstić information content (AvgIpc) is 2.25. The quantitative estimate of drug-likeness (QED) is 0.801. The summed E-state index contributed by atoms with van der Waals surface area (Å²) in [5, 5.41) is 0. The van der Waals surface area contributed by atoms with Gasteiger partial charge in [-0.3, -0.25) is 4.31 Å². The van der Waals surface area contributed by atoms with E-state index in [9.17, 15) is 8.42 Å². The van der Waals surface area contributed by atoms with Crippen LogP contribution in [0.1, 0.15) is 19.8 Å². The first-order valence-electron chi connectivity index (χ1n) is 5.29. The Balaban J connectivity index is 2.89. The number of anilines is 2. The van der Waals surface area contributed by atoms with Gasteiger partial charge in [-0.15, -0.1) is 0 Å². The lowest BCUT2D eigenvalue weighted by atomic mass is 10.3. The zero-order chi connectivity index (χ0) is 12.2. The third-order valence-electron chi connectivity index (χ3n) is 2.41. The summed E-state index contributed by atoms with van der Waals surface area (Å²) in [7, 11) is -1.66. The van der Waals surface area contributed by atoms with Crippen molar-refractivity contribution in [3.05, 3.63) is 24.3 Å². The summed E-state index contributed by atoms with van der Waals surface area (Å²) in [5.41, 5.74) is 6.79. The number of nitrogens with two attached hydrogens (primary N) is 1. The van der Waals surface area contributed by atoms with E-state index in [2.05, 4.69) is 0 Å². The van der Waals surface area contributed by atoms with Crippen molar-refractivity contribution in [1.29, 1.82) is 0 Å². The Morgan fingerprint density at radius 2 is 2.06 bits per heavy atom. The monoisotopic (exact) mass is 242 g/mol. The Morgan fingerprint density at radius 3 is 2.62 bits per heavy atom. The molecule has 16 heavy (non-hydrogen) atoms. The Bertz CT molecular complexity index is 443. The van der Waals surface area contributed by atoms with E-state index in [1.807, 2.05) is 6.92 Å². The van der Waals surface area contributed by atoms with Crippen LogP contribution in [0.25, 0.3) is 0 Å². The molecule has 90 valence electrons. The van der Waals surface area contributed by atoms with Gasteiger partial charge >= 0.3 is 0 Å². The van der Waals surface area contributed by atoms with Gasteiger partial charge < -0.3 is 5.73 Å². The van der Waals surface area contributed by atoms with E-state index in [-0.39, 0.29) is 5.75 Å². The van der Waals surface area contributed by atoms with Crippen LogP contribution in [0.4, 0.5) is 11.4 Å². The highest BCUT2D eigenvalue weighted by atomic mass is 32.2. The molecule has 0 radical (unpaired) electrons. The third-order valence-corrected chi connectivity index (χ3v) is 4.26. The molecule has 5 heteroatoms. The summed E-state index contributed by atoms with van der Waals surface area (Å²) < 4.78 is 25.1. The second kappa shape index (κ2) is 5.21. The molecule has 0 aliphatic rings. The standard InChI is InChI=1S/C11H18N2O2S/c1-3-4-8-16(14,15)13(2)11-7-5-6-10(12)9-11/h5-7,9H,3-4,8,12H2,1-2H3. The van der Waals surface area contributed by atoms with Gasteiger partial charge in [0.1, 0.15) is 0 Å². The van der Waals surface area contributed by atoms with E-state index in [4.69, 9.17) is 5.73 Å². The van der Waals surface area contributed by atoms with Crippen molar-refractivity contribution in [2.24, 2.45) is 0 Å². The largest absolute Gasteiger partial charge is 0.399 e. The minimum atomic E-state index is -3.21. The molecule has 0 amide bonds. The van der Waals surface area contributed by atoms with Gasteiger partial charge in [0.25, 0.3) is 0 Å². The van der Waals surface area contributed by atoms with Crippen LogP contribution < -0.4 is 10.0 Å². The van der Waals surface area contributed by atoms with E-state index < -0.39 is 10.0 Å². The van der Waals surface area contributed by atoms with Gasteiger partial charge in [0, 0.05) is 12.7 Å². The van der Waals surface area contributed by atoms with Gasteiger partial charge in [0.2, 0.25) is 10.0 Å². The van der Waals surface area contributed by atoms with Crippen LogP contribution in [0, 0.1) is 0 Å². The van der Waals surface area contributed by atoms with Gasteiger partial charge in [-0.05, 0) is 24.6 Å². The number of hydrogen-bond acceptors (Lipinski definition) is 3. The molecule has 1 aromatic carbocycles. The number of hydrogen-bond donors (Lipinski definition) is 1. The highest BCUT2D eigenvalue weighted by Gasteiger charge is 2.17. The number of sulfonamides is 1. The maximum absolute atomic E-state index is 11.9. The van der Waals surface area contributed by atoms with Gasteiger partial charge in [-0.25, -0.2) is 8.42 Å². The summed E-state index contributed by atoms with van der Waals surface area (Å²) in [4.78, 5) is 0. The number of unbranched alkanes of at least 4 members (excludes halogenated alkanes) is 1. The molecule has 2 N–H and O–H groups in total. The lowest BCUT2D eigenvalue weighted by Gasteiger charge is -2.19. The zero-order valence-corrected chi connectivity index (χ0v) is 10.5. The molecule has 4 nitrogen and oxygen atoms in total. The fourth-order valence-corrected chi connectivity index (χ4v) is 2.71. The highest BCUT2D eigenvalue weighted by Crippen LogP contribution is 2.19. The number of nitrogen functional groups attached to an aromatic ring is 1. The van der Waals surface area contributed by atoms with E-state index in [0.717, 1.165) is 6.42 Å². The Kier molecular flexibility index (Phi) is 4.18. The van der Waals surface area contributed by atoms with Gasteiger partial charge in [-0.2, -0.15) is 0 Å². The van der Waals surface area contributed by atoms with Crippen LogP contribution in [-0.4, -0.2) is 21.2 Å². The Hall–Kier alpha value is -1.23. The summed E-state index contributed by atoms with van der Waals surface area (Å²) >= 11 is 0. The maximum atomic E-state index is 11.9. The first-order chi connectivity index (χ1) is 7.47. The average molecular weight is 242 g/mol. The van der Waals surface area contributed by atoms with E-state index in [1.54, 1.807) is 31.3 Å². The number of benzene rings is 1. The molecule has 0 aliphatic heterocycles. The first-order valence-corrected chi connectivity index (χ1v) is 6.90. The summed E-state index contributed by atoms with van der Waals surface area (Å²) in [6.45, 7) is 1.97. The van der Waals surface area contributed by atoms with Crippen LogP contribution in [0.3, 0.4) is 0 Å². The normalized spacial score (nSPS) is 11.4. The van der Waals surface area contributed by atoms with E-state index >= 15 is 0 Å². The molecule has 1 rings (SSSR count). The van der Waals surface area contributed by atoms with Crippen LogP contribution >= 0.6 is 0 Å². The molecule has 0 unspecified atom stereocenters. The molecular formula is C11H18N2O2S. The zero-order valence-electron chi connectivity index (χ0n) is 9.68.